The Kier molecular flexibility index (Phi) is 10.7. The number of aliphatic imine (C=N–C) groups is 1. The van der Waals surface area contributed by atoms with E-state index in [-0.39, 0.29) is 51.1 Å². The molecular formula is C29H29ClF5N9O2. The normalized spacial score (nSPS) is 19.7. The van der Waals surface area contributed by atoms with Crippen molar-refractivity contribution in [2.24, 2.45) is 28.2 Å². The molecule has 0 radical (unpaired) electrons. The van der Waals surface area contributed by atoms with Gasteiger partial charge in [0, 0.05) is 36.1 Å². The van der Waals surface area contributed by atoms with Crippen LogP contribution < -0.4 is 33.2 Å². The van der Waals surface area contributed by atoms with Crippen LogP contribution in [0.2, 0.25) is 5.02 Å². The first-order chi connectivity index (χ1) is 21.8. The van der Waals surface area contributed by atoms with Crippen molar-refractivity contribution in [1.82, 2.24) is 19.9 Å². The van der Waals surface area contributed by atoms with E-state index in [2.05, 4.69) is 20.3 Å². The SMILES string of the molecule is CC1CCCC(n2cnc(-c3c(N(N)/C=C(\N)C(F)F)ccc(Cl)c3F)cc2=O)c2cc(ccn2)C(=NC(F)F)C(=CN)NC1=O. The molecule has 2 bridgehead atoms. The minimum Gasteiger partial charge on any atom is -0.403 e. The van der Waals surface area contributed by atoms with Crippen LogP contribution >= 0.6 is 11.6 Å². The summed E-state index contributed by atoms with van der Waals surface area (Å²) in [6, 6.07) is 5.41. The van der Waals surface area contributed by atoms with Crippen LogP contribution in [0.4, 0.5) is 27.6 Å². The Morgan fingerprint density at radius 1 is 1.17 bits per heavy atom. The number of allylic oxidation sites excluding steroid dienone is 2. The minimum absolute atomic E-state index is 0.131. The number of benzene rings is 1. The molecule has 0 fully saturated rings. The third-order valence-corrected chi connectivity index (χ3v) is 7.48. The molecule has 17 heteroatoms. The fraction of sp³-hybridized carbons (Fsp3) is 0.276. The summed E-state index contributed by atoms with van der Waals surface area (Å²) in [6.45, 7) is -1.49. The lowest BCUT2D eigenvalue weighted by molar-refractivity contribution is -0.123. The quantitative estimate of drug-likeness (QED) is 0.132. The van der Waals surface area contributed by atoms with Gasteiger partial charge in [0.2, 0.25) is 5.91 Å². The summed E-state index contributed by atoms with van der Waals surface area (Å²) in [4.78, 5) is 38.4. The summed E-state index contributed by atoms with van der Waals surface area (Å²) in [5.41, 5.74) is 8.67. The maximum atomic E-state index is 15.4. The first-order valence-corrected chi connectivity index (χ1v) is 14.1. The molecule has 0 saturated carbocycles. The maximum Gasteiger partial charge on any atom is 0.332 e. The van der Waals surface area contributed by atoms with E-state index in [1.54, 1.807) is 6.92 Å². The molecule has 3 aromatic rings. The number of pyridine rings is 1. The van der Waals surface area contributed by atoms with E-state index in [0.29, 0.717) is 24.1 Å². The number of halogens is 6. The van der Waals surface area contributed by atoms with Gasteiger partial charge in [0.05, 0.1) is 57.1 Å². The van der Waals surface area contributed by atoms with E-state index in [1.807, 2.05) is 0 Å². The van der Waals surface area contributed by atoms with Crippen molar-refractivity contribution < 1.29 is 26.7 Å². The number of anilines is 1. The zero-order valence-electron chi connectivity index (χ0n) is 24.2. The summed E-state index contributed by atoms with van der Waals surface area (Å²) in [6.07, 6.45) is 2.11. The molecule has 4 rings (SSSR count). The van der Waals surface area contributed by atoms with E-state index in [1.165, 1.54) is 29.0 Å². The topological polar surface area (TPSA) is 171 Å². The van der Waals surface area contributed by atoms with E-state index >= 15 is 4.39 Å². The van der Waals surface area contributed by atoms with Crippen LogP contribution in [-0.4, -0.2) is 39.1 Å². The molecule has 2 aromatic heterocycles. The number of nitrogens with zero attached hydrogens (tertiary/aromatic N) is 5. The molecule has 2 atom stereocenters. The van der Waals surface area contributed by atoms with Crippen molar-refractivity contribution in [3.05, 3.63) is 99.1 Å². The van der Waals surface area contributed by atoms with Gasteiger partial charge in [0.15, 0.2) is 5.82 Å². The van der Waals surface area contributed by atoms with Gasteiger partial charge < -0.3 is 16.8 Å². The maximum absolute atomic E-state index is 15.4. The summed E-state index contributed by atoms with van der Waals surface area (Å²) in [5, 5.41) is 2.86. The van der Waals surface area contributed by atoms with Crippen molar-refractivity contribution in [3.63, 3.8) is 0 Å². The van der Waals surface area contributed by atoms with Gasteiger partial charge >= 0.3 is 6.55 Å². The zero-order valence-corrected chi connectivity index (χ0v) is 24.9. The summed E-state index contributed by atoms with van der Waals surface area (Å²) < 4.78 is 69.6. The van der Waals surface area contributed by atoms with E-state index in [0.717, 1.165) is 24.7 Å². The lowest BCUT2D eigenvalue weighted by Gasteiger charge is -2.23. The second-order valence-electron chi connectivity index (χ2n) is 10.3. The van der Waals surface area contributed by atoms with Gasteiger partial charge in [-0.3, -0.25) is 24.1 Å². The fourth-order valence-electron chi connectivity index (χ4n) is 4.86. The molecule has 46 heavy (non-hydrogen) atoms. The lowest BCUT2D eigenvalue weighted by atomic mass is 9.96. The molecule has 0 aliphatic carbocycles. The number of hydrogen-bond donors (Lipinski definition) is 4. The first kappa shape index (κ1) is 34.1. The minimum atomic E-state index is -3.14. The molecule has 0 saturated heterocycles. The number of alkyl halides is 4. The Morgan fingerprint density at radius 3 is 2.57 bits per heavy atom. The van der Waals surface area contributed by atoms with Gasteiger partial charge in [-0.05, 0) is 37.1 Å². The molecule has 3 heterocycles. The van der Waals surface area contributed by atoms with Crippen LogP contribution in [0.5, 0.6) is 0 Å². The van der Waals surface area contributed by atoms with Gasteiger partial charge in [0.1, 0.15) is 0 Å². The smallest absolute Gasteiger partial charge is 0.332 e. The van der Waals surface area contributed by atoms with Gasteiger partial charge in [-0.2, -0.15) is 8.78 Å². The van der Waals surface area contributed by atoms with E-state index in [4.69, 9.17) is 28.9 Å². The van der Waals surface area contributed by atoms with Crippen molar-refractivity contribution >= 4 is 28.9 Å². The number of amides is 1. The third-order valence-electron chi connectivity index (χ3n) is 7.18. The Morgan fingerprint density at radius 2 is 1.91 bits per heavy atom. The highest BCUT2D eigenvalue weighted by atomic mass is 35.5. The molecule has 1 aliphatic heterocycles. The average molecular weight is 666 g/mol. The standard InChI is InChI=1S/C29H29ClF5N9O2/c1-14-3-2-4-21(18-9-15(7-8-39-18)26(42-29(34)35)20(11-36)41-28(14)46)43-13-40-19(10-23(43)45)24-22(6-5-16(30)25(24)31)44(38)12-17(37)27(32)33/h5-14,21,27,29H,2-4,36-38H2,1H3,(H,41,46)/b17-12-,20-11?,42-26?. The Balaban J connectivity index is 1.85. The van der Waals surface area contributed by atoms with E-state index in [9.17, 15) is 27.2 Å². The van der Waals surface area contributed by atoms with E-state index < -0.39 is 47.9 Å². The molecule has 244 valence electrons. The number of rotatable bonds is 6. The Hall–Kier alpha value is -4.83. The Labute approximate surface area is 264 Å². The predicted molar refractivity (Wildman–Crippen MR) is 162 cm³/mol. The number of fused-ring (bicyclic) bond motifs is 2. The molecular weight excluding hydrogens is 637 g/mol. The Bertz CT molecular complexity index is 1760. The molecule has 11 nitrogen and oxygen atoms in total. The van der Waals surface area contributed by atoms with Crippen LogP contribution in [0.25, 0.3) is 11.3 Å². The molecule has 1 aliphatic rings. The number of nitrogens with one attached hydrogen (secondary N) is 1. The highest BCUT2D eigenvalue weighted by molar-refractivity contribution is 6.31. The molecule has 1 aromatic carbocycles. The van der Waals surface area contributed by atoms with Crippen LogP contribution in [0, 0.1) is 11.7 Å². The van der Waals surface area contributed by atoms with Crippen LogP contribution in [0.3, 0.4) is 0 Å². The summed E-state index contributed by atoms with van der Waals surface area (Å²) in [7, 11) is 0. The third kappa shape index (κ3) is 7.51. The fourth-order valence-corrected chi connectivity index (χ4v) is 5.01. The zero-order chi connectivity index (χ0) is 33.7. The molecule has 1 amide bonds. The molecule has 7 N–H and O–H groups in total. The predicted octanol–water partition coefficient (Wildman–Crippen LogP) is 4.18. The highest BCUT2D eigenvalue weighted by Crippen LogP contribution is 2.35. The van der Waals surface area contributed by atoms with Gasteiger partial charge in [-0.15, -0.1) is 0 Å². The first-order valence-electron chi connectivity index (χ1n) is 13.7. The van der Waals surface area contributed by atoms with Crippen molar-refractivity contribution in [3.8, 4) is 11.3 Å². The molecule has 2 unspecified atom stereocenters. The number of hydrazine groups is 1. The average Bonchev–Trinajstić information content (AvgIpc) is 3.01. The highest BCUT2D eigenvalue weighted by Gasteiger charge is 2.26. The van der Waals surface area contributed by atoms with Crippen LogP contribution in [-0.2, 0) is 4.79 Å². The number of hydrogen-bond acceptors (Lipinski definition) is 9. The number of carbonyl (C=O) groups excluding carboxylic acids is 1. The van der Waals surface area contributed by atoms with Gasteiger partial charge in [-0.25, -0.2) is 29.0 Å². The van der Waals surface area contributed by atoms with Crippen LogP contribution in [0.15, 0.2) is 76.4 Å². The van der Waals surface area contributed by atoms with Gasteiger partial charge in [-0.1, -0.05) is 24.9 Å². The van der Waals surface area contributed by atoms with Gasteiger partial charge in [0.25, 0.3) is 12.0 Å². The second-order valence-corrected chi connectivity index (χ2v) is 10.7. The second kappa shape index (κ2) is 14.5. The van der Waals surface area contributed by atoms with Crippen molar-refractivity contribution in [2.45, 2.75) is 45.2 Å². The number of aromatic nitrogens is 3. The summed E-state index contributed by atoms with van der Waals surface area (Å²) >= 11 is 5.99. The number of carbonyl (C=O) groups is 1. The monoisotopic (exact) mass is 665 g/mol. The number of nitrogens with two attached hydrogens (primary N) is 3. The molecule has 0 spiro atoms. The largest absolute Gasteiger partial charge is 0.403 e. The van der Waals surface area contributed by atoms with Crippen LogP contribution in [0.1, 0.15) is 43.5 Å². The van der Waals surface area contributed by atoms with Crippen molar-refractivity contribution in [2.75, 3.05) is 5.01 Å². The lowest BCUT2D eigenvalue weighted by Crippen LogP contribution is -2.34. The van der Waals surface area contributed by atoms with Crippen molar-refractivity contribution in [1.29, 1.82) is 0 Å². The summed E-state index contributed by atoms with van der Waals surface area (Å²) in [5.74, 6) is 3.84.